The molecule has 0 bridgehead atoms. The van der Waals surface area contributed by atoms with Crippen molar-refractivity contribution < 1.29 is 9.84 Å². The van der Waals surface area contributed by atoms with Crippen molar-refractivity contribution in [2.75, 3.05) is 0 Å². The molecule has 0 saturated heterocycles. The predicted octanol–water partition coefficient (Wildman–Crippen LogP) is 2.72. The number of benzene rings is 1. The maximum atomic E-state index is 9.11. The van der Waals surface area contributed by atoms with Gasteiger partial charge in [-0.15, -0.1) is 0 Å². The highest BCUT2D eigenvalue weighted by atomic mass is 35.5. The summed E-state index contributed by atoms with van der Waals surface area (Å²) in [5.41, 5.74) is 1.46. The number of halogens is 1. The van der Waals surface area contributed by atoms with Gasteiger partial charge in [0, 0.05) is 11.2 Å². The average Bonchev–Trinajstić information content (AvgIpc) is 2.34. The quantitative estimate of drug-likeness (QED) is 0.910. The Hall–Kier alpha value is -1.65. The monoisotopic (exact) mass is 250 g/mol. The molecule has 4 nitrogen and oxygen atoms in total. The molecule has 0 radical (unpaired) electrons. The molecule has 0 aliphatic carbocycles. The smallest absolute Gasteiger partial charge is 0.227 e. The Bertz CT molecular complexity index is 532. The zero-order valence-corrected chi connectivity index (χ0v) is 9.98. The number of rotatable bonds is 3. The summed E-state index contributed by atoms with van der Waals surface area (Å²) < 4.78 is 5.57. The first kappa shape index (κ1) is 11.8. The molecule has 0 amide bonds. The van der Waals surface area contributed by atoms with E-state index in [2.05, 4.69) is 9.97 Å². The minimum absolute atomic E-state index is 0.164. The minimum Gasteiger partial charge on any atom is -0.439 e. The fourth-order valence-corrected chi connectivity index (χ4v) is 1.46. The first-order valence-electron chi connectivity index (χ1n) is 5.04. The van der Waals surface area contributed by atoms with E-state index in [1.807, 2.05) is 13.0 Å². The van der Waals surface area contributed by atoms with Crippen molar-refractivity contribution in [3.8, 4) is 11.6 Å². The second kappa shape index (κ2) is 5.12. The number of hydrogen-bond acceptors (Lipinski definition) is 4. The first-order chi connectivity index (χ1) is 8.20. The highest BCUT2D eigenvalue weighted by Gasteiger charge is 2.06. The van der Waals surface area contributed by atoms with Gasteiger partial charge in [-0.3, -0.25) is 0 Å². The number of aryl methyl sites for hydroxylation is 1. The van der Waals surface area contributed by atoms with E-state index in [0.717, 1.165) is 5.56 Å². The van der Waals surface area contributed by atoms with Crippen molar-refractivity contribution in [1.29, 1.82) is 0 Å². The molecular weight excluding hydrogens is 240 g/mol. The lowest BCUT2D eigenvalue weighted by atomic mass is 10.2. The molecule has 1 aromatic heterocycles. The molecule has 1 aromatic carbocycles. The number of nitrogens with zero attached hydrogens (tertiary/aromatic N) is 2. The van der Waals surface area contributed by atoms with Gasteiger partial charge in [0.1, 0.15) is 12.1 Å². The summed E-state index contributed by atoms with van der Waals surface area (Å²) >= 11 is 5.92. The molecule has 0 spiro atoms. The Balaban J connectivity index is 2.28. The minimum atomic E-state index is -0.164. The largest absolute Gasteiger partial charge is 0.439 e. The Morgan fingerprint density at radius 3 is 2.94 bits per heavy atom. The van der Waals surface area contributed by atoms with Crippen LogP contribution in [-0.4, -0.2) is 15.1 Å². The zero-order valence-electron chi connectivity index (χ0n) is 9.22. The predicted molar refractivity (Wildman–Crippen MR) is 64.2 cm³/mol. The highest BCUT2D eigenvalue weighted by molar-refractivity contribution is 6.31. The van der Waals surface area contributed by atoms with E-state index >= 15 is 0 Å². The van der Waals surface area contributed by atoms with Crippen LogP contribution in [0.1, 0.15) is 11.1 Å². The molecule has 0 unspecified atom stereocenters. The summed E-state index contributed by atoms with van der Waals surface area (Å²) in [4.78, 5) is 7.79. The molecule has 2 aromatic rings. The Kier molecular flexibility index (Phi) is 3.56. The van der Waals surface area contributed by atoms with Crippen LogP contribution in [-0.2, 0) is 6.61 Å². The van der Waals surface area contributed by atoms with Gasteiger partial charge < -0.3 is 9.84 Å². The fourth-order valence-electron chi connectivity index (χ4n) is 1.34. The molecule has 0 aliphatic heterocycles. The van der Waals surface area contributed by atoms with Gasteiger partial charge >= 0.3 is 0 Å². The van der Waals surface area contributed by atoms with E-state index in [4.69, 9.17) is 21.4 Å². The lowest BCUT2D eigenvalue weighted by Crippen LogP contribution is -1.96. The van der Waals surface area contributed by atoms with Crippen LogP contribution in [0.2, 0.25) is 5.02 Å². The number of ether oxygens (including phenoxy) is 1. The number of aliphatic hydroxyl groups excluding tert-OH is 1. The lowest BCUT2D eigenvalue weighted by Gasteiger charge is -2.08. The Morgan fingerprint density at radius 1 is 1.41 bits per heavy atom. The van der Waals surface area contributed by atoms with E-state index in [-0.39, 0.29) is 6.61 Å². The topological polar surface area (TPSA) is 55.2 Å². The second-order valence-corrected chi connectivity index (χ2v) is 3.93. The van der Waals surface area contributed by atoms with E-state index in [0.29, 0.717) is 22.2 Å². The van der Waals surface area contributed by atoms with Crippen LogP contribution in [0.4, 0.5) is 0 Å². The van der Waals surface area contributed by atoms with Crippen molar-refractivity contribution in [1.82, 2.24) is 9.97 Å². The lowest BCUT2D eigenvalue weighted by molar-refractivity contribution is 0.274. The van der Waals surface area contributed by atoms with Crippen LogP contribution in [0.3, 0.4) is 0 Å². The summed E-state index contributed by atoms with van der Waals surface area (Å²) in [6.45, 7) is 1.73. The molecule has 2 rings (SSSR count). The van der Waals surface area contributed by atoms with Crippen molar-refractivity contribution in [3.05, 3.63) is 46.9 Å². The van der Waals surface area contributed by atoms with E-state index in [1.54, 1.807) is 12.1 Å². The maximum absolute atomic E-state index is 9.11. The first-order valence-corrected chi connectivity index (χ1v) is 5.42. The van der Waals surface area contributed by atoms with Crippen LogP contribution in [0, 0.1) is 6.92 Å². The third-order valence-electron chi connectivity index (χ3n) is 2.26. The SMILES string of the molecule is Cc1cc(Oc2ncncc2CO)ccc1Cl. The van der Waals surface area contributed by atoms with Gasteiger partial charge in [0.05, 0.1) is 12.2 Å². The molecule has 1 heterocycles. The van der Waals surface area contributed by atoms with E-state index in [9.17, 15) is 0 Å². The van der Waals surface area contributed by atoms with Crippen LogP contribution < -0.4 is 4.74 Å². The molecule has 0 saturated carbocycles. The van der Waals surface area contributed by atoms with Crippen molar-refractivity contribution >= 4 is 11.6 Å². The van der Waals surface area contributed by atoms with Gasteiger partial charge in [-0.25, -0.2) is 9.97 Å². The van der Waals surface area contributed by atoms with Crippen molar-refractivity contribution in [2.45, 2.75) is 13.5 Å². The van der Waals surface area contributed by atoms with Crippen LogP contribution in [0.25, 0.3) is 0 Å². The van der Waals surface area contributed by atoms with Crippen LogP contribution >= 0.6 is 11.6 Å². The molecule has 17 heavy (non-hydrogen) atoms. The number of hydrogen-bond donors (Lipinski definition) is 1. The summed E-state index contributed by atoms with van der Waals surface area (Å²) in [6.07, 6.45) is 2.89. The third-order valence-corrected chi connectivity index (χ3v) is 2.69. The Labute approximate surface area is 104 Å². The zero-order chi connectivity index (χ0) is 12.3. The Morgan fingerprint density at radius 2 is 2.24 bits per heavy atom. The molecule has 1 N–H and O–H groups in total. The van der Waals surface area contributed by atoms with Crippen molar-refractivity contribution in [2.24, 2.45) is 0 Å². The average molecular weight is 251 g/mol. The van der Waals surface area contributed by atoms with Gasteiger partial charge in [-0.05, 0) is 30.7 Å². The molecular formula is C12H11ClN2O2. The van der Waals surface area contributed by atoms with E-state index in [1.165, 1.54) is 12.5 Å². The number of aliphatic hydroxyl groups is 1. The molecule has 88 valence electrons. The molecule has 0 fully saturated rings. The molecule has 0 aliphatic rings. The summed E-state index contributed by atoms with van der Waals surface area (Å²) in [6, 6.07) is 5.32. The normalized spacial score (nSPS) is 10.3. The van der Waals surface area contributed by atoms with Gasteiger partial charge in [-0.1, -0.05) is 11.6 Å². The van der Waals surface area contributed by atoms with Crippen LogP contribution in [0.15, 0.2) is 30.7 Å². The summed E-state index contributed by atoms with van der Waals surface area (Å²) in [7, 11) is 0. The molecule has 0 atom stereocenters. The molecule has 5 heteroatoms. The standard InChI is InChI=1S/C12H11ClN2O2/c1-8-4-10(2-3-11(8)13)17-12-9(6-16)5-14-7-15-12/h2-5,7,16H,6H2,1H3. The number of aromatic nitrogens is 2. The fraction of sp³-hybridized carbons (Fsp3) is 0.167. The van der Waals surface area contributed by atoms with Gasteiger partial charge in [-0.2, -0.15) is 0 Å². The summed E-state index contributed by atoms with van der Waals surface area (Å²) in [5.74, 6) is 0.976. The summed E-state index contributed by atoms with van der Waals surface area (Å²) in [5, 5.41) is 9.80. The third kappa shape index (κ3) is 2.72. The second-order valence-electron chi connectivity index (χ2n) is 3.52. The van der Waals surface area contributed by atoms with Gasteiger partial charge in [0.15, 0.2) is 0 Å². The van der Waals surface area contributed by atoms with Gasteiger partial charge in [0.2, 0.25) is 5.88 Å². The van der Waals surface area contributed by atoms with E-state index < -0.39 is 0 Å². The highest BCUT2D eigenvalue weighted by Crippen LogP contribution is 2.26. The maximum Gasteiger partial charge on any atom is 0.227 e. The van der Waals surface area contributed by atoms with Crippen molar-refractivity contribution in [3.63, 3.8) is 0 Å². The van der Waals surface area contributed by atoms with Gasteiger partial charge in [0.25, 0.3) is 0 Å². The van der Waals surface area contributed by atoms with Crippen LogP contribution in [0.5, 0.6) is 11.6 Å².